The molecule has 140 valence electrons. The van der Waals surface area contributed by atoms with Gasteiger partial charge in [-0.3, -0.25) is 4.79 Å². The number of benzene rings is 2. The van der Waals surface area contributed by atoms with E-state index in [4.69, 9.17) is 0 Å². The molecule has 2 N–H and O–H groups in total. The number of hydrogen-bond acceptors (Lipinski definition) is 3. The highest BCUT2D eigenvalue weighted by Crippen LogP contribution is 2.22. The standard InChI is InChI=1S/C20H26N2O3S/c1-6-15-9-7-8-14(2)18(15)21-19(23)16-10-12-17(13-11-16)26(24,25)22-20(3,4)5/h7-13,22H,6H2,1-5H3,(H,21,23). The van der Waals surface area contributed by atoms with E-state index in [-0.39, 0.29) is 10.8 Å². The van der Waals surface area contributed by atoms with Gasteiger partial charge < -0.3 is 5.32 Å². The van der Waals surface area contributed by atoms with Crippen molar-refractivity contribution in [2.75, 3.05) is 5.32 Å². The van der Waals surface area contributed by atoms with Crippen LogP contribution < -0.4 is 10.0 Å². The Kier molecular flexibility index (Phi) is 5.88. The molecule has 1 amide bonds. The molecule has 0 saturated carbocycles. The van der Waals surface area contributed by atoms with Crippen LogP contribution in [0.1, 0.15) is 49.2 Å². The molecule has 0 aliphatic rings. The van der Waals surface area contributed by atoms with Gasteiger partial charge in [-0.2, -0.15) is 0 Å². The zero-order chi connectivity index (χ0) is 19.5. The molecule has 0 radical (unpaired) electrons. The van der Waals surface area contributed by atoms with Crippen LogP contribution >= 0.6 is 0 Å². The van der Waals surface area contributed by atoms with Gasteiger partial charge in [0.1, 0.15) is 0 Å². The molecule has 0 unspecified atom stereocenters. The van der Waals surface area contributed by atoms with E-state index in [1.807, 2.05) is 32.0 Å². The highest BCUT2D eigenvalue weighted by molar-refractivity contribution is 7.89. The molecule has 0 saturated heterocycles. The molecule has 0 aromatic heterocycles. The van der Waals surface area contributed by atoms with Gasteiger partial charge in [-0.1, -0.05) is 25.1 Å². The van der Waals surface area contributed by atoms with E-state index in [1.165, 1.54) is 24.3 Å². The average molecular weight is 375 g/mol. The summed E-state index contributed by atoms with van der Waals surface area (Å²) in [6.07, 6.45) is 0.812. The number of nitrogens with one attached hydrogen (secondary N) is 2. The Hall–Kier alpha value is -2.18. The highest BCUT2D eigenvalue weighted by atomic mass is 32.2. The van der Waals surface area contributed by atoms with Crippen molar-refractivity contribution >= 4 is 21.6 Å². The van der Waals surface area contributed by atoms with Crippen molar-refractivity contribution in [1.82, 2.24) is 4.72 Å². The summed E-state index contributed by atoms with van der Waals surface area (Å²) in [4.78, 5) is 12.7. The lowest BCUT2D eigenvalue weighted by Gasteiger charge is -2.20. The molecule has 2 aromatic carbocycles. The van der Waals surface area contributed by atoms with Gasteiger partial charge in [-0.05, 0) is 69.5 Å². The van der Waals surface area contributed by atoms with E-state index in [0.717, 1.165) is 23.2 Å². The summed E-state index contributed by atoms with van der Waals surface area (Å²) in [5.41, 5.74) is 2.70. The molecule has 2 rings (SSSR count). The van der Waals surface area contributed by atoms with Crippen molar-refractivity contribution in [3.8, 4) is 0 Å². The fourth-order valence-corrected chi connectivity index (χ4v) is 4.05. The molecule has 26 heavy (non-hydrogen) atoms. The Bertz CT molecular complexity index is 896. The van der Waals surface area contributed by atoms with Gasteiger partial charge in [0.2, 0.25) is 10.0 Å². The number of anilines is 1. The van der Waals surface area contributed by atoms with E-state index >= 15 is 0 Å². The van der Waals surface area contributed by atoms with Crippen LogP contribution in [0.4, 0.5) is 5.69 Å². The van der Waals surface area contributed by atoms with Crippen LogP contribution in [0.2, 0.25) is 0 Å². The number of carbonyl (C=O) groups excluding carboxylic acids is 1. The summed E-state index contributed by atoms with van der Waals surface area (Å²) in [6, 6.07) is 11.8. The average Bonchev–Trinajstić information content (AvgIpc) is 2.54. The fourth-order valence-electron chi connectivity index (χ4n) is 2.64. The lowest BCUT2D eigenvalue weighted by atomic mass is 10.1. The number of rotatable bonds is 5. The number of carbonyl (C=O) groups is 1. The molecular formula is C20H26N2O3S. The van der Waals surface area contributed by atoms with Crippen LogP contribution in [0.3, 0.4) is 0 Å². The largest absolute Gasteiger partial charge is 0.321 e. The second kappa shape index (κ2) is 7.60. The van der Waals surface area contributed by atoms with Crippen LogP contribution in [0.25, 0.3) is 0 Å². The van der Waals surface area contributed by atoms with Crippen molar-refractivity contribution in [3.63, 3.8) is 0 Å². The lowest BCUT2D eigenvalue weighted by molar-refractivity contribution is 0.102. The minimum absolute atomic E-state index is 0.133. The van der Waals surface area contributed by atoms with Crippen molar-refractivity contribution in [2.24, 2.45) is 0 Å². The van der Waals surface area contributed by atoms with Crippen LogP contribution in [0.5, 0.6) is 0 Å². The number of sulfonamides is 1. The molecule has 2 aromatic rings. The first-order valence-electron chi connectivity index (χ1n) is 8.57. The maximum Gasteiger partial charge on any atom is 0.255 e. The van der Waals surface area contributed by atoms with Crippen molar-refractivity contribution in [3.05, 3.63) is 59.2 Å². The summed E-state index contributed by atoms with van der Waals surface area (Å²) >= 11 is 0. The Morgan fingerprint density at radius 2 is 1.65 bits per heavy atom. The Morgan fingerprint density at radius 3 is 2.19 bits per heavy atom. The predicted molar refractivity (Wildman–Crippen MR) is 105 cm³/mol. The molecule has 6 heteroatoms. The molecule has 0 heterocycles. The third-order valence-corrected chi connectivity index (χ3v) is 5.62. The Labute approximate surface area is 155 Å². The molecule has 0 bridgehead atoms. The SMILES string of the molecule is CCc1cccc(C)c1NC(=O)c1ccc(S(=O)(=O)NC(C)(C)C)cc1. The zero-order valence-corrected chi connectivity index (χ0v) is 16.7. The van der Waals surface area contributed by atoms with Gasteiger partial charge in [0.05, 0.1) is 4.90 Å². The molecule has 5 nitrogen and oxygen atoms in total. The van der Waals surface area contributed by atoms with Crippen molar-refractivity contribution < 1.29 is 13.2 Å². The van der Waals surface area contributed by atoms with Gasteiger partial charge >= 0.3 is 0 Å². The van der Waals surface area contributed by atoms with Crippen LogP contribution in [-0.4, -0.2) is 19.9 Å². The summed E-state index contributed by atoms with van der Waals surface area (Å²) in [7, 11) is -3.62. The van der Waals surface area contributed by atoms with Gasteiger partial charge in [0.15, 0.2) is 0 Å². The summed E-state index contributed by atoms with van der Waals surface area (Å²) in [5, 5.41) is 2.94. The lowest BCUT2D eigenvalue weighted by Crippen LogP contribution is -2.40. The Morgan fingerprint density at radius 1 is 1.04 bits per heavy atom. The number of para-hydroxylation sites is 1. The molecule has 0 fully saturated rings. The van der Waals surface area contributed by atoms with E-state index in [9.17, 15) is 13.2 Å². The normalized spacial score (nSPS) is 12.0. The maximum absolute atomic E-state index is 12.5. The fraction of sp³-hybridized carbons (Fsp3) is 0.350. The summed E-state index contributed by atoms with van der Waals surface area (Å²) < 4.78 is 27.3. The molecular weight excluding hydrogens is 348 g/mol. The van der Waals surface area contributed by atoms with Crippen LogP contribution in [-0.2, 0) is 16.4 Å². The molecule has 0 atom stereocenters. The van der Waals surface area contributed by atoms with E-state index < -0.39 is 15.6 Å². The number of amides is 1. The third kappa shape index (κ3) is 4.93. The van der Waals surface area contributed by atoms with Gasteiger partial charge in [0, 0.05) is 16.8 Å². The molecule has 0 aliphatic carbocycles. The number of hydrogen-bond donors (Lipinski definition) is 2. The zero-order valence-electron chi connectivity index (χ0n) is 15.9. The smallest absolute Gasteiger partial charge is 0.255 e. The third-order valence-electron chi connectivity index (χ3n) is 3.85. The number of aryl methyl sites for hydroxylation is 2. The Balaban J connectivity index is 2.23. The van der Waals surface area contributed by atoms with Gasteiger partial charge in [-0.15, -0.1) is 0 Å². The first kappa shape index (κ1) is 20.1. The summed E-state index contributed by atoms with van der Waals surface area (Å²) in [6.45, 7) is 9.31. The van der Waals surface area contributed by atoms with Gasteiger partial charge in [0.25, 0.3) is 5.91 Å². The van der Waals surface area contributed by atoms with Gasteiger partial charge in [-0.25, -0.2) is 13.1 Å². The topological polar surface area (TPSA) is 75.3 Å². The molecule has 0 aliphatic heterocycles. The quantitative estimate of drug-likeness (QED) is 0.834. The highest BCUT2D eigenvalue weighted by Gasteiger charge is 2.22. The van der Waals surface area contributed by atoms with Crippen molar-refractivity contribution in [2.45, 2.75) is 51.5 Å². The van der Waals surface area contributed by atoms with Crippen molar-refractivity contribution in [1.29, 1.82) is 0 Å². The minimum atomic E-state index is -3.62. The summed E-state index contributed by atoms with van der Waals surface area (Å²) in [5.74, 6) is -0.262. The maximum atomic E-state index is 12.5. The van der Waals surface area contributed by atoms with E-state index in [2.05, 4.69) is 10.0 Å². The van der Waals surface area contributed by atoms with E-state index in [0.29, 0.717) is 5.56 Å². The predicted octanol–water partition coefficient (Wildman–Crippen LogP) is 3.89. The second-order valence-electron chi connectivity index (χ2n) is 7.30. The first-order valence-corrected chi connectivity index (χ1v) is 10.1. The minimum Gasteiger partial charge on any atom is -0.321 e. The molecule has 0 spiro atoms. The van der Waals surface area contributed by atoms with E-state index in [1.54, 1.807) is 20.8 Å². The first-order chi connectivity index (χ1) is 12.0. The van der Waals surface area contributed by atoms with Crippen LogP contribution in [0.15, 0.2) is 47.4 Å². The monoisotopic (exact) mass is 374 g/mol. The second-order valence-corrected chi connectivity index (χ2v) is 8.98. The van der Waals surface area contributed by atoms with Crippen LogP contribution in [0, 0.1) is 6.92 Å².